The van der Waals surface area contributed by atoms with E-state index in [1.807, 2.05) is 6.07 Å². The molecule has 1 aliphatic rings. The summed E-state index contributed by atoms with van der Waals surface area (Å²) < 4.78 is 4.80. The molecule has 0 unspecified atom stereocenters. The smallest absolute Gasteiger partial charge is 0.270 e. The summed E-state index contributed by atoms with van der Waals surface area (Å²) in [7, 11) is 0. The Hall–Kier alpha value is -5.78. The molecule has 0 amide bonds. The quantitative estimate of drug-likeness (QED) is 0.105. The van der Waals surface area contributed by atoms with Crippen LogP contribution in [0.4, 0.5) is 11.4 Å². The number of halogens is 1. The van der Waals surface area contributed by atoms with E-state index in [9.17, 15) is 10.1 Å². The summed E-state index contributed by atoms with van der Waals surface area (Å²) in [5.74, 6) is 0. The fourth-order valence-corrected chi connectivity index (χ4v) is 8.42. The normalized spacial score (nSPS) is 13.0. The number of rotatable bonds is 5. The first-order valence-corrected chi connectivity index (χ1v) is 17.0. The zero-order valence-corrected chi connectivity index (χ0v) is 27.8. The highest BCUT2D eigenvalue weighted by atomic mass is 35.5. The average molecular weight is 657 g/mol. The maximum Gasteiger partial charge on any atom is 0.270 e. The van der Waals surface area contributed by atoms with Crippen molar-refractivity contribution in [3.05, 3.63) is 164 Å². The van der Waals surface area contributed by atoms with Gasteiger partial charge in [0.1, 0.15) is 6.54 Å². The molecule has 8 aromatic rings. The van der Waals surface area contributed by atoms with E-state index < -0.39 is 4.92 Å². The predicted molar refractivity (Wildman–Crippen MR) is 202 cm³/mol. The molecule has 0 atom stereocenters. The lowest BCUT2D eigenvalue weighted by atomic mass is 9.87. The lowest BCUT2D eigenvalue weighted by molar-refractivity contribution is -0.384. The molecule has 0 bridgehead atoms. The molecular weight excluding hydrogens is 626 g/mol. The van der Waals surface area contributed by atoms with Gasteiger partial charge in [-0.2, -0.15) is 4.58 Å². The van der Waals surface area contributed by atoms with Crippen LogP contribution in [0, 0.1) is 10.1 Å². The zero-order chi connectivity index (χ0) is 33.4. The van der Waals surface area contributed by atoms with Crippen molar-refractivity contribution in [2.24, 2.45) is 0 Å². The third-order valence-electron chi connectivity index (χ3n) is 10.1. The van der Waals surface area contributed by atoms with E-state index in [0.717, 1.165) is 67.5 Å². The molecule has 0 saturated heterocycles. The van der Waals surface area contributed by atoms with E-state index in [4.69, 9.17) is 11.6 Å². The number of hydrogen-bond donors (Lipinski definition) is 0. The van der Waals surface area contributed by atoms with Gasteiger partial charge in [0.15, 0.2) is 0 Å². The molecular formula is C43H31ClN3O2+. The third kappa shape index (κ3) is 4.22. The predicted octanol–water partition coefficient (Wildman–Crippen LogP) is 9.75. The first-order chi connectivity index (χ1) is 24.0. The SMILES string of the molecule is CCn1c2ccccc2c2cc(C(c3ccc([N+](=O)[O-])cc3Cl)=c3cc4c(c5ccccc35)=[N+](CC)c3ccccc3-4)c3ccccc3c21. The second-order valence-electron chi connectivity index (χ2n) is 12.6. The summed E-state index contributed by atoms with van der Waals surface area (Å²) >= 11 is 7.12. The molecule has 0 aliphatic carbocycles. The minimum absolute atomic E-state index is 0.0363. The van der Waals surface area contributed by atoms with Crippen LogP contribution in [0.5, 0.6) is 0 Å². The van der Waals surface area contributed by atoms with Crippen molar-refractivity contribution in [1.29, 1.82) is 0 Å². The van der Waals surface area contributed by atoms with Gasteiger partial charge < -0.3 is 4.57 Å². The number of benzene rings is 7. The number of nitro groups is 1. The Bertz CT molecular complexity index is 2850. The third-order valence-corrected chi connectivity index (χ3v) is 10.5. The van der Waals surface area contributed by atoms with Gasteiger partial charge in [-0.15, -0.1) is 0 Å². The number of nitro benzene ring substituents is 1. The van der Waals surface area contributed by atoms with Crippen molar-refractivity contribution < 1.29 is 4.92 Å². The number of aromatic nitrogens is 1. The van der Waals surface area contributed by atoms with Crippen LogP contribution >= 0.6 is 11.6 Å². The molecule has 0 fully saturated rings. The Balaban J connectivity index is 1.55. The molecule has 7 aromatic carbocycles. The molecule has 1 aromatic heterocycles. The lowest BCUT2D eigenvalue weighted by Crippen LogP contribution is -2.26. The molecule has 1 aliphatic heterocycles. The van der Waals surface area contributed by atoms with Gasteiger partial charge in [-0.1, -0.05) is 84.4 Å². The Morgan fingerprint density at radius 1 is 0.694 bits per heavy atom. The minimum Gasteiger partial charge on any atom is -0.340 e. The highest BCUT2D eigenvalue weighted by Crippen LogP contribution is 2.41. The summed E-state index contributed by atoms with van der Waals surface area (Å²) in [5.41, 5.74) is 8.61. The van der Waals surface area contributed by atoms with Gasteiger partial charge in [0, 0.05) is 52.0 Å². The number of nitrogens with zero attached hydrogens (tertiary/aromatic N) is 3. The van der Waals surface area contributed by atoms with E-state index in [1.54, 1.807) is 6.07 Å². The second kappa shape index (κ2) is 11.1. The van der Waals surface area contributed by atoms with Crippen LogP contribution in [-0.4, -0.2) is 16.0 Å². The monoisotopic (exact) mass is 656 g/mol. The van der Waals surface area contributed by atoms with E-state index in [0.29, 0.717) is 5.02 Å². The number of non-ortho nitro benzene ring substituents is 1. The summed E-state index contributed by atoms with van der Waals surface area (Å²) in [6.07, 6.45) is 0. The molecule has 0 saturated carbocycles. The fraction of sp³-hybridized carbons (Fsp3) is 0.0930. The maximum atomic E-state index is 11.9. The molecule has 2 heterocycles. The Labute approximate surface area is 287 Å². The van der Waals surface area contributed by atoms with E-state index in [2.05, 4.69) is 132 Å². The molecule has 0 radical (unpaired) electrons. The van der Waals surface area contributed by atoms with Crippen molar-refractivity contribution >= 4 is 71.9 Å². The van der Waals surface area contributed by atoms with Gasteiger partial charge >= 0.3 is 0 Å². The fourth-order valence-electron chi connectivity index (χ4n) is 8.15. The maximum absolute atomic E-state index is 11.9. The van der Waals surface area contributed by atoms with Crippen molar-refractivity contribution in [3.8, 4) is 11.1 Å². The number of para-hydroxylation sites is 2. The molecule has 236 valence electrons. The molecule has 6 heteroatoms. The van der Waals surface area contributed by atoms with Crippen LogP contribution in [0.3, 0.4) is 0 Å². The Kier molecular flexibility index (Phi) is 6.68. The van der Waals surface area contributed by atoms with E-state index >= 15 is 0 Å². The molecule has 0 N–H and O–H groups in total. The molecule has 49 heavy (non-hydrogen) atoms. The largest absolute Gasteiger partial charge is 0.340 e. The highest BCUT2D eigenvalue weighted by molar-refractivity contribution is 6.33. The van der Waals surface area contributed by atoms with Crippen LogP contribution in [0.1, 0.15) is 25.0 Å². The molecule has 9 rings (SSSR count). The van der Waals surface area contributed by atoms with Gasteiger partial charge in [0.05, 0.1) is 32.0 Å². The van der Waals surface area contributed by atoms with E-state index in [1.165, 1.54) is 39.1 Å². The minimum atomic E-state index is -0.391. The lowest BCUT2D eigenvalue weighted by Gasteiger charge is -2.17. The van der Waals surface area contributed by atoms with Crippen molar-refractivity contribution in [2.75, 3.05) is 6.54 Å². The first kappa shape index (κ1) is 29.4. The van der Waals surface area contributed by atoms with E-state index in [-0.39, 0.29) is 5.69 Å². The highest BCUT2D eigenvalue weighted by Gasteiger charge is 2.29. The Morgan fingerprint density at radius 2 is 1.37 bits per heavy atom. The zero-order valence-electron chi connectivity index (χ0n) is 27.1. The number of aryl methyl sites for hydroxylation is 1. The topological polar surface area (TPSA) is 51.1 Å². The van der Waals surface area contributed by atoms with Crippen LogP contribution in [-0.2, 0) is 6.54 Å². The van der Waals surface area contributed by atoms with Crippen LogP contribution in [0.15, 0.2) is 127 Å². The van der Waals surface area contributed by atoms with Gasteiger partial charge in [-0.05, 0) is 77.4 Å². The second-order valence-corrected chi connectivity index (χ2v) is 13.0. The van der Waals surface area contributed by atoms with Crippen LogP contribution in [0.2, 0.25) is 5.02 Å². The number of fused-ring (bicyclic) bond motifs is 10. The summed E-state index contributed by atoms with van der Waals surface area (Å²) in [6, 6.07) is 43.8. The standard InChI is InChI=1S/C43H31ClN3O2/c1-3-45-39-19-11-9-15-29(39)36-24-34(27-13-5-7-17-31(27)42(36)45)41(33-22-21-26(47(48)49)23-38(33)44)35-25-37-30-16-10-12-20-40(30)46(4-2)43(37)32-18-8-6-14-28(32)35/h5-25H,3-4H2,1-2H3/q+1. The van der Waals surface area contributed by atoms with Gasteiger partial charge in [-0.25, -0.2) is 0 Å². The Morgan fingerprint density at radius 3 is 2.10 bits per heavy atom. The molecule has 0 spiro atoms. The van der Waals surface area contributed by atoms with Crippen molar-refractivity contribution in [3.63, 3.8) is 0 Å². The summed E-state index contributed by atoms with van der Waals surface area (Å²) in [6.45, 7) is 6.05. The summed E-state index contributed by atoms with van der Waals surface area (Å²) in [5, 5.41) is 21.3. The summed E-state index contributed by atoms with van der Waals surface area (Å²) in [4.78, 5) is 11.5. The van der Waals surface area contributed by atoms with Crippen molar-refractivity contribution in [1.82, 2.24) is 9.14 Å². The van der Waals surface area contributed by atoms with Crippen molar-refractivity contribution in [2.45, 2.75) is 20.4 Å². The molecule has 5 nitrogen and oxygen atoms in total. The van der Waals surface area contributed by atoms with Crippen LogP contribution < -0.4 is 15.2 Å². The van der Waals surface area contributed by atoms with Gasteiger partial charge in [0.25, 0.3) is 5.69 Å². The first-order valence-electron chi connectivity index (χ1n) is 16.7. The van der Waals surface area contributed by atoms with Gasteiger partial charge in [0.2, 0.25) is 11.0 Å². The van der Waals surface area contributed by atoms with Crippen LogP contribution in [0.25, 0.3) is 60.1 Å². The van der Waals surface area contributed by atoms with Gasteiger partial charge in [-0.3, -0.25) is 10.1 Å². The average Bonchev–Trinajstić information content (AvgIpc) is 3.64. The number of hydrogen-bond acceptors (Lipinski definition) is 2.